The fraction of sp³-hybridized carbons (Fsp3) is 0.619. The van der Waals surface area contributed by atoms with Crippen molar-refractivity contribution in [1.82, 2.24) is 5.32 Å². The molecule has 0 heterocycles. The number of fused-ring (bicyclic) bond motifs is 2. The van der Waals surface area contributed by atoms with E-state index in [1.807, 2.05) is 6.07 Å². The first-order chi connectivity index (χ1) is 12.1. The molecule has 0 aliphatic heterocycles. The van der Waals surface area contributed by atoms with Crippen molar-refractivity contribution in [1.29, 1.82) is 0 Å². The molecule has 2 saturated carbocycles. The van der Waals surface area contributed by atoms with Crippen LogP contribution in [0.5, 0.6) is 0 Å². The van der Waals surface area contributed by atoms with Gasteiger partial charge in [-0.05, 0) is 48.3 Å². The molecule has 0 atom stereocenters. The zero-order valence-electron chi connectivity index (χ0n) is 15.4. The van der Waals surface area contributed by atoms with Gasteiger partial charge in [0.25, 0.3) is 5.91 Å². The molecule has 2 N–H and O–H groups in total. The number of ether oxygens (including phenoxy) is 1. The van der Waals surface area contributed by atoms with Crippen molar-refractivity contribution in [2.75, 3.05) is 19.8 Å². The van der Waals surface area contributed by atoms with Gasteiger partial charge in [0.15, 0.2) is 0 Å². The fourth-order valence-corrected chi connectivity index (χ4v) is 4.73. The molecule has 1 aromatic rings. The first kappa shape index (κ1) is 21.2. The number of aliphatic hydroxyl groups excluding tert-OH is 1. The Labute approximate surface area is 162 Å². The highest BCUT2D eigenvalue weighted by Gasteiger charge is 2.39. The molecular formula is C21H30ClNO3. The molecule has 0 aromatic heterocycles. The van der Waals surface area contributed by atoms with Gasteiger partial charge >= 0.3 is 0 Å². The molecule has 5 heteroatoms. The van der Waals surface area contributed by atoms with Crippen LogP contribution in [0.25, 0.3) is 0 Å². The molecule has 2 aliphatic rings. The normalized spacial score (nSPS) is 24.6. The maximum atomic E-state index is 12.7. The molecule has 2 radical (unpaired) electrons. The first-order valence-electron chi connectivity index (χ1n) is 9.37. The molecule has 2 bridgehead atoms. The monoisotopic (exact) mass is 379 g/mol. The number of benzene rings is 1. The Morgan fingerprint density at radius 1 is 1.31 bits per heavy atom. The second kappa shape index (κ2) is 9.72. The topological polar surface area (TPSA) is 58.6 Å². The van der Waals surface area contributed by atoms with E-state index in [4.69, 9.17) is 21.4 Å². The minimum Gasteiger partial charge on any atom is -0.394 e. The van der Waals surface area contributed by atoms with Gasteiger partial charge in [-0.2, -0.15) is 0 Å². The largest absolute Gasteiger partial charge is 0.394 e. The molecule has 2 aliphatic carbocycles. The number of amides is 1. The number of halogens is 1. The summed E-state index contributed by atoms with van der Waals surface area (Å²) < 4.78 is 5.33. The molecule has 144 valence electrons. The van der Waals surface area contributed by atoms with Crippen molar-refractivity contribution >= 4 is 17.5 Å². The number of aliphatic hydroxyl groups is 1. The predicted molar refractivity (Wildman–Crippen MR) is 104 cm³/mol. The molecule has 0 spiro atoms. The average molecular weight is 380 g/mol. The van der Waals surface area contributed by atoms with Gasteiger partial charge in [0, 0.05) is 6.54 Å². The Morgan fingerprint density at radius 3 is 2.73 bits per heavy atom. The molecule has 1 amide bonds. The lowest BCUT2D eigenvalue weighted by Gasteiger charge is -2.45. The minimum atomic E-state index is -0.101. The molecule has 1 aromatic carbocycles. The highest BCUT2D eigenvalue weighted by molar-refractivity contribution is 6.33. The second-order valence-corrected chi connectivity index (χ2v) is 8.03. The minimum absolute atomic E-state index is 0. The van der Waals surface area contributed by atoms with Crippen molar-refractivity contribution in [2.24, 2.45) is 11.3 Å². The molecule has 0 saturated heterocycles. The first-order valence-corrected chi connectivity index (χ1v) is 9.75. The third kappa shape index (κ3) is 5.21. The van der Waals surface area contributed by atoms with Gasteiger partial charge in [0.1, 0.15) is 0 Å². The van der Waals surface area contributed by atoms with E-state index in [-0.39, 0.29) is 26.5 Å². The molecular weight excluding hydrogens is 350 g/mol. The fourth-order valence-electron chi connectivity index (χ4n) is 4.52. The Hall–Kier alpha value is -1.10. The van der Waals surface area contributed by atoms with E-state index in [1.54, 1.807) is 12.1 Å². The van der Waals surface area contributed by atoms with Crippen LogP contribution in [-0.4, -0.2) is 30.8 Å². The van der Waals surface area contributed by atoms with Gasteiger partial charge in [-0.1, -0.05) is 50.8 Å². The number of carbonyl (C=O) groups excluding carboxylic acids is 1. The predicted octanol–water partition coefficient (Wildman–Crippen LogP) is 4.27. The van der Waals surface area contributed by atoms with Crippen LogP contribution >= 0.6 is 11.6 Å². The summed E-state index contributed by atoms with van der Waals surface area (Å²) >= 11 is 6.24. The Morgan fingerprint density at radius 2 is 2.04 bits per heavy atom. The number of rotatable bonds is 7. The molecule has 26 heavy (non-hydrogen) atoms. The number of nitrogens with one attached hydrogen (secondary N) is 1. The average Bonchev–Trinajstić information content (AvgIpc) is 2.61. The van der Waals surface area contributed by atoms with Crippen LogP contribution in [0.4, 0.5) is 0 Å². The summed E-state index contributed by atoms with van der Waals surface area (Å²) in [5.41, 5.74) is 1.69. The van der Waals surface area contributed by atoms with Crippen LogP contribution in [0.2, 0.25) is 5.02 Å². The zero-order chi connectivity index (χ0) is 17.7. The van der Waals surface area contributed by atoms with E-state index in [1.165, 1.54) is 44.9 Å². The Balaban J connectivity index is 0.00000243. The van der Waals surface area contributed by atoms with Gasteiger partial charge in [-0.25, -0.2) is 0 Å². The second-order valence-electron chi connectivity index (χ2n) is 7.63. The highest BCUT2D eigenvalue weighted by atomic mass is 35.5. The smallest absolute Gasteiger partial charge is 0.252 e. The summed E-state index contributed by atoms with van der Waals surface area (Å²) in [6, 6.07) is 5.38. The van der Waals surface area contributed by atoms with Crippen molar-refractivity contribution in [3.63, 3.8) is 0 Å². The number of carbonyl (C=O) groups is 1. The van der Waals surface area contributed by atoms with Gasteiger partial charge in [-0.15, -0.1) is 0 Å². The summed E-state index contributed by atoms with van der Waals surface area (Å²) in [5, 5.41) is 12.4. The molecule has 2 fully saturated rings. The molecule has 0 unspecified atom stereocenters. The number of hydrogen-bond donors (Lipinski definition) is 2. The summed E-state index contributed by atoms with van der Waals surface area (Å²) in [6.45, 7) is 1.39. The van der Waals surface area contributed by atoms with E-state index in [0.29, 0.717) is 22.6 Å². The van der Waals surface area contributed by atoms with Crippen LogP contribution in [0.1, 0.15) is 60.9 Å². The Bertz CT molecular complexity index is 595. The SMILES string of the molecule is O=C(NCC12CCCC(CCC1)C2)c1cc(COCCO)ccc1Cl.[CH2]. The lowest BCUT2D eigenvalue weighted by atomic mass is 9.62. The van der Waals surface area contributed by atoms with Crippen LogP contribution in [0.15, 0.2) is 18.2 Å². The van der Waals surface area contributed by atoms with Crippen LogP contribution < -0.4 is 5.32 Å². The van der Waals surface area contributed by atoms with E-state index in [9.17, 15) is 4.79 Å². The lowest BCUT2D eigenvalue weighted by Crippen LogP contribution is -2.43. The maximum absolute atomic E-state index is 12.7. The van der Waals surface area contributed by atoms with E-state index < -0.39 is 0 Å². The standard InChI is InChI=1S/C20H28ClNO3.CH2/c21-18-6-5-16(13-25-10-9-23)11-17(18)19(24)22-14-20-7-1-3-15(12-20)4-2-8-20;/h5-6,11,15,23H,1-4,7-10,12-14H2,(H,22,24);1H2. The highest BCUT2D eigenvalue weighted by Crippen LogP contribution is 2.48. The van der Waals surface area contributed by atoms with Crippen molar-refractivity contribution in [3.8, 4) is 0 Å². The van der Waals surface area contributed by atoms with Crippen molar-refractivity contribution < 1.29 is 14.6 Å². The van der Waals surface area contributed by atoms with E-state index in [2.05, 4.69) is 5.32 Å². The molecule has 3 rings (SSSR count). The quantitative estimate of drug-likeness (QED) is 0.695. The summed E-state index contributed by atoms with van der Waals surface area (Å²) in [6.07, 6.45) is 9.02. The van der Waals surface area contributed by atoms with Crippen LogP contribution in [0.3, 0.4) is 0 Å². The van der Waals surface area contributed by atoms with E-state index in [0.717, 1.165) is 18.0 Å². The summed E-state index contributed by atoms with van der Waals surface area (Å²) in [4.78, 5) is 12.7. The van der Waals surface area contributed by atoms with E-state index >= 15 is 0 Å². The van der Waals surface area contributed by atoms with Crippen LogP contribution in [-0.2, 0) is 11.3 Å². The van der Waals surface area contributed by atoms with Gasteiger partial charge in [-0.3, -0.25) is 4.79 Å². The zero-order valence-corrected chi connectivity index (χ0v) is 16.2. The number of hydrogen-bond acceptors (Lipinski definition) is 3. The van der Waals surface area contributed by atoms with Gasteiger partial charge in [0.2, 0.25) is 0 Å². The summed E-state index contributed by atoms with van der Waals surface area (Å²) in [5.74, 6) is 0.756. The molecule has 4 nitrogen and oxygen atoms in total. The van der Waals surface area contributed by atoms with Crippen molar-refractivity contribution in [3.05, 3.63) is 41.8 Å². The summed E-state index contributed by atoms with van der Waals surface area (Å²) in [7, 11) is 0. The third-order valence-corrected chi connectivity index (χ3v) is 6.09. The lowest BCUT2D eigenvalue weighted by molar-refractivity contribution is 0.0681. The van der Waals surface area contributed by atoms with Crippen LogP contribution in [0, 0.1) is 18.8 Å². The van der Waals surface area contributed by atoms with Crippen molar-refractivity contribution in [2.45, 2.75) is 51.6 Å². The van der Waals surface area contributed by atoms with Gasteiger partial charge < -0.3 is 15.2 Å². The maximum Gasteiger partial charge on any atom is 0.252 e. The van der Waals surface area contributed by atoms with Gasteiger partial charge in [0.05, 0.1) is 30.4 Å². The third-order valence-electron chi connectivity index (χ3n) is 5.76. The Kier molecular flexibility index (Phi) is 7.93.